The summed E-state index contributed by atoms with van der Waals surface area (Å²) >= 11 is 0. The van der Waals surface area contributed by atoms with Crippen LogP contribution in [0.2, 0.25) is 0 Å². The molecule has 1 aromatic rings. The molecule has 0 spiro atoms. The van der Waals surface area contributed by atoms with E-state index in [2.05, 4.69) is 18.9 Å². The summed E-state index contributed by atoms with van der Waals surface area (Å²) in [6.07, 6.45) is 7.93. The third-order valence-electron chi connectivity index (χ3n) is 4.82. The van der Waals surface area contributed by atoms with Gasteiger partial charge in [0.2, 0.25) is 0 Å². The third-order valence-corrected chi connectivity index (χ3v) is 4.82. The van der Waals surface area contributed by atoms with Gasteiger partial charge in [0.1, 0.15) is 5.82 Å². The van der Waals surface area contributed by atoms with Gasteiger partial charge in [-0.3, -0.25) is 4.90 Å². The predicted octanol–water partition coefficient (Wildman–Crippen LogP) is 3.87. The van der Waals surface area contributed by atoms with Gasteiger partial charge in [-0.05, 0) is 44.5 Å². The van der Waals surface area contributed by atoms with E-state index in [4.69, 9.17) is 5.73 Å². The van der Waals surface area contributed by atoms with Gasteiger partial charge in [0.25, 0.3) is 0 Å². The van der Waals surface area contributed by atoms with E-state index in [0.717, 1.165) is 5.56 Å². The van der Waals surface area contributed by atoms with Crippen molar-refractivity contribution in [2.45, 2.75) is 63.6 Å². The number of halogens is 1. The van der Waals surface area contributed by atoms with Crippen LogP contribution in [0.5, 0.6) is 0 Å². The van der Waals surface area contributed by atoms with Gasteiger partial charge in [0, 0.05) is 18.1 Å². The van der Waals surface area contributed by atoms with E-state index >= 15 is 0 Å². The summed E-state index contributed by atoms with van der Waals surface area (Å²) in [6, 6.07) is 7.43. The highest BCUT2D eigenvalue weighted by Gasteiger charge is 2.25. The van der Waals surface area contributed by atoms with Crippen LogP contribution in [0.4, 0.5) is 4.39 Å². The van der Waals surface area contributed by atoms with Gasteiger partial charge in [-0.2, -0.15) is 0 Å². The van der Waals surface area contributed by atoms with Crippen LogP contribution in [0.25, 0.3) is 0 Å². The normalized spacial score (nSPS) is 20.6. The van der Waals surface area contributed by atoms with Crippen LogP contribution in [0, 0.1) is 5.82 Å². The molecule has 1 fully saturated rings. The number of hydrogen-bond acceptors (Lipinski definition) is 2. The molecular weight excluding hydrogens is 251 g/mol. The summed E-state index contributed by atoms with van der Waals surface area (Å²) in [6.45, 7) is 2.18. The van der Waals surface area contributed by atoms with Crippen molar-refractivity contribution < 1.29 is 4.39 Å². The Bertz CT molecular complexity index is 396. The molecule has 20 heavy (non-hydrogen) atoms. The van der Waals surface area contributed by atoms with Crippen LogP contribution in [0.3, 0.4) is 0 Å². The number of benzene rings is 1. The van der Waals surface area contributed by atoms with E-state index in [1.807, 2.05) is 0 Å². The van der Waals surface area contributed by atoms with Gasteiger partial charge in [0.15, 0.2) is 0 Å². The molecule has 1 aliphatic rings. The molecule has 0 amide bonds. The van der Waals surface area contributed by atoms with Crippen LogP contribution in [0.15, 0.2) is 24.3 Å². The summed E-state index contributed by atoms with van der Waals surface area (Å²) in [5.41, 5.74) is 7.38. The molecule has 1 saturated carbocycles. The van der Waals surface area contributed by atoms with Crippen LogP contribution < -0.4 is 5.73 Å². The minimum Gasteiger partial charge on any atom is -0.323 e. The highest BCUT2D eigenvalue weighted by molar-refractivity contribution is 5.21. The van der Waals surface area contributed by atoms with E-state index in [1.165, 1.54) is 50.7 Å². The highest BCUT2D eigenvalue weighted by atomic mass is 19.1. The lowest BCUT2D eigenvalue weighted by molar-refractivity contribution is 0.148. The maximum absolute atomic E-state index is 13.0. The average molecular weight is 278 g/mol. The van der Waals surface area contributed by atoms with Crippen molar-refractivity contribution in [2.24, 2.45) is 5.73 Å². The van der Waals surface area contributed by atoms with Crippen molar-refractivity contribution in [3.05, 3.63) is 35.6 Å². The fourth-order valence-electron chi connectivity index (χ4n) is 3.21. The third kappa shape index (κ3) is 3.80. The van der Waals surface area contributed by atoms with Crippen molar-refractivity contribution in [3.63, 3.8) is 0 Å². The molecule has 1 aliphatic carbocycles. The van der Waals surface area contributed by atoms with Gasteiger partial charge < -0.3 is 5.73 Å². The second-order valence-electron chi connectivity index (χ2n) is 6.13. The van der Waals surface area contributed by atoms with Crippen molar-refractivity contribution in [3.8, 4) is 0 Å². The first kappa shape index (κ1) is 15.5. The first-order chi connectivity index (χ1) is 9.59. The number of nitrogens with two attached hydrogens (primary N) is 1. The van der Waals surface area contributed by atoms with Crippen molar-refractivity contribution in [1.82, 2.24) is 4.90 Å². The van der Waals surface area contributed by atoms with Crippen LogP contribution >= 0.6 is 0 Å². The van der Waals surface area contributed by atoms with E-state index in [-0.39, 0.29) is 17.9 Å². The summed E-state index contributed by atoms with van der Waals surface area (Å²) < 4.78 is 13.0. The Kier molecular flexibility index (Phi) is 5.55. The molecule has 0 radical (unpaired) electrons. The fourth-order valence-corrected chi connectivity index (χ4v) is 3.21. The minimum atomic E-state index is -0.203. The largest absolute Gasteiger partial charge is 0.323 e. The molecule has 2 nitrogen and oxygen atoms in total. The van der Waals surface area contributed by atoms with Crippen molar-refractivity contribution >= 4 is 0 Å². The number of rotatable bonds is 4. The maximum Gasteiger partial charge on any atom is 0.123 e. The molecule has 112 valence electrons. The van der Waals surface area contributed by atoms with E-state index in [1.54, 1.807) is 12.1 Å². The molecule has 0 bridgehead atoms. The lowest BCUT2D eigenvalue weighted by Gasteiger charge is -2.36. The Morgan fingerprint density at radius 2 is 1.65 bits per heavy atom. The topological polar surface area (TPSA) is 29.3 Å². The molecule has 2 rings (SSSR count). The van der Waals surface area contributed by atoms with Gasteiger partial charge in [0.05, 0.1) is 0 Å². The fraction of sp³-hybridized carbons (Fsp3) is 0.647. The van der Waals surface area contributed by atoms with Crippen LogP contribution in [0.1, 0.15) is 57.1 Å². The van der Waals surface area contributed by atoms with Crippen molar-refractivity contribution in [1.29, 1.82) is 0 Å². The Labute approximate surface area is 122 Å². The van der Waals surface area contributed by atoms with Gasteiger partial charge in [-0.1, -0.05) is 37.8 Å². The maximum atomic E-state index is 13.0. The molecular formula is C17H27FN2. The minimum absolute atomic E-state index is 0.0659. The Morgan fingerprint density at radius 3 is 2.20 bits per heavy atom. The van der Waals surface area contributed by atoms with Gasteiger partial charge in [-0.15, -0.1) is 0 Å². The number of nitrogens with zero attached hydrogens (tertiary/aromatic N) is 1. The smallest absolute Gasteiger partial charge is 0.123 e. The second kappa shape index (κ2) is 7.19. The molecule has 1 aromatic carbocycles. The Morgan fingerprint density at radius 1 is 1.10 bits per heavy atom. The molecule has 2 atom stereocenters. The summed E-state index contributed by atoms with van der Waals surface area (Å²) in [5.74, 6) is -0.203. The second-order valence-corrected chi connectivity index (χ2v) is 6.13. The zero-order valence-corrected chi connectivity index (χ0v) is 12.7. The monoisotopic (exact) mass is 278 g/mol. The van der Waals surface area contributed by atoms with E-state index in [0.29, 0.717) is 6.04 Å². The zero-order chi connectivity index (χ0) is 14.5. The quantitative estimate of drug-likeness (QED) is 0.847. The molecule has 0 heterocycles. The highest BCUT2D eigenvalue weighted by Crippen LogP contribution is 2.26. The zero-order valence-electron chi connectivity index (χ0n) is 12.7. The van der Waals surface area contributed by atoms with Crippen LogP contribution in [-0.4, -0.2) is 24.0 Å². The summed E-state index contributed by atoms with van der Waals surface area (Å²) in [5, 5.41) is 0. The summed E-state index contributed by atoms with van der Waals surface area (Å²) in [4.78, 5) is 2.43. The standard InChI is InChI=1S/C17H27FN2/c1-13(17(19)14-9-11-15(18)12-10-14)20(2)16-7-5-3-4-6-8-16/h9-13,16-17H,3-8,19H2,1-2H3. The Balaban J connectivity index is 2.01. The lowest BCUT2D eigenvalue weighted by Crippen LogP contribution is -2.44. The molecule has 0 saturated heterocycles. The van der Waals surface area contributed by atoms with E-state index in [9.17, 15) is 4.39 Å². The average Bonchev–Trinajstić information content (AvgIpc) is 2.75. The molecule has 0 aromatic heterocycles. The molecule has 0 aliphatic heterocycles. The first-order valence-electron chi connectivity index (χ1n) is 7.82. The van der Waals surface area contributed by atoms with Crippen LogP contribution in [-0.2, 0) is 0 Å². The Hall–Kier alpha value is -0.930. The summed E-state index contributed by atoms with van der Waals surface area (Å²) in [7, 11) is 2.18. The van der Waals surface area contributed by atoms with Crippen molar-refractivity contribution in [2.75, 3.05) is 7.05 Å². The molecule has 2 N–H and O–H groups in total. The SMILES string of the molecule is CC(C(N)c1ccc(F)cc1)N(C)C1CCCCCC1. The van der Waals surface area contributed by atoms with Gasteiger partial charge in [-0.25, -0.2) is 4.39 Å². The number of likely N-dealkylation sites (N-methyl/N-ethyl adjacent to an activating group) is 1. The van der Waals surface area contributed by atoms with Gasteiger partial charge >= 0.3 is 0 Å². The predicted molar refractivity (Wildman–Crippen MR) is 82.0 cm³/mol. The molecule has 3 heteroatoms. The number of hydrogen-bond donors (Lipinski definition) is 1. The lowest BCUT2D eigenvalue weighted by atomic mass is 9.97. The first-order valence-corrected chi connectivity index (χ1v) is 7.82. The van der Waals surface area contributed by atoms with E-state index < -0.39 is 0 Å². The molecule has 2 unspecified atom stereocenters.